The lowest BCUT2D eigenvalue weighted by Gasteiger charge is -2.31. The molecule has 4 saturated heterocycles. The Morgan fingerprint density at radius 2 is 1.10 bits per heavy atom. The van der Waals surface area contributed by atoms with Crippen molar-refractivity contribution in [2.75, 3.05) is 76.7 Å². The third kappa shape index (κ3) is 21.4. The molecule has 0 bridgehead atoms. The first-order valence-corrected chi connectivity index (χ1v) is 39.1. The number of piperidine rings is 2. The van der Waals surface area contributed by atoms with Crippen LogP contribution in [0.25, 0.3) is 21.9 Å². The van der Waals surface area contributed by atoms with Gasteiger partial charge >= 0.3 is 5.97 Å². The number of hydrogen-bond acceptors (Lipinski definition) is 26. The van der Waals surface area contributed by atoms with Crippen molar-refractivity contribution >= 4 is 116 Å². The number of thioether (sulfide) groups is 2. The number of carbonyl (C=O) groups excluding carboxylic acids is 10. The maximum atomic E-state index is 13.7. The van der Waals surface area contributed by atoms with Gasteiger partial charge in [0.05, 0.1) is 28.1 Å². The van der Waals surface area contributed by atoms with Crippen LogP contribution in [0.2, 0.25) is 0 Å². The van der Waals surface area contributed by atoms with E-state index < -0.39 is 23.0 Å². The van der Waals surface area contributed by atoms with Gasteiger partial charge < -0.3 is 34.2 Å². The molecule has 7 aliphatic rings. The summed E-state index contributed by atoms with van der Waals surface area (Å²) in [5, 5.41) is 18.9. The quantitative estimate of drug-likeness (QED) is 0.0283. The lowest BCUT2D eigenvalue weighted by Crippen LogP contribution is -2.38. The van der Waals surface area contributed by atoms with Crippen LogP contribution in [0, 0.1) is 25.5 Å². The number of aryl methyl sites for hydroxylation is 2. The summed E-state index contributed by atoms with van der Waals surface area (Å²) in [4.78, 5) is 163. The first-order chi connectivity index (χ1) is 51.9. The fraction of sp³-hybridized carbons (Fsp3) is 0.541. The number of halogens is 2. The van der Waals surface area contributed by atoms with Gasteiger partial charge in [-0.2, -0.15) is 12.6 Å². The number of fused-ring (bicyclic) bond motifs is 4. The lowest BCUT2D eigenvalue weighted by atomic mass is 9.91. The van der Waals surface area contributed by atoms with Crippen LogP contribution in [0.4, 0.5) is 8.78 Å². The molecule has 34 heteroatoms. The standard InChI is InChI=1S/C33H40FN5O5S.C30H34FN5O4.C8H9NO5S.C3H7NOS.H3NO/c1-20(40)19-45-28-18-29(41)38(33(28)43)12-3-5-23-6-4-13-39-31(23)35-21(2)25(32(39)42)11-16-37-14-9-22(10-15-37)30-26-8-7-24(34)17-27(26)44-36-30;1-19-23(12-17-34-15-10-20(11-16-34)28-24-7-6-22(31)18-25(24)40-33-28)30(39)36-14-3-5-21(29(36)32-19)4-2-13-35-26(37)8-9-27(35)38;1-5(10)15-4-8(13)14-9-6(11)2-3-7(9)12;1-4-3(5)2-6;1-2/h7-8,17,22-23,28H,3-6,9-16,18-19H2,1-2H3;6-9,18,20-21H,2-5,10-17H2,1H3;2-4H2,1H3;6H,2H2,1H3,(H,4,5);2H,1H2. The first-order valence-electron chi connectivity index (χ1n) is 36.4. The maximum absolute atomic E-state index is 13.7. The van der Waals surface area contributed by atoms with E-state index in [-0.39, 0.29) is 123 Å². The van der Waals surface area contributed by atoms with Crippen molar-refractivity contribution in [2.45, 2.75) is 179 Å². The van der Waals surface area contributed by atoms with Gasteiger partial charge in [0, 0.05) is 154 Å². The molecule has 11 heterocycles. The highest BCUT2D eigenvalue weighted by Crippen LogP contribution is 2.37. The van der Waals surface area contributed by atoms with Crippen LogP contribution in [-0.4, -0.2) is 199 Å². The predicted octanol–water partition coefficient (Wildman–Crippen LogP) is 7.07. The highest BCUT2D eigenvalue weighted by Gasteiger charge is 2.40. The minimum absolute atomic E-state index is 0.00552. The molecule has 4 fully saturated rings. The monoisotopic (exact) mass is 1550 g/mol. The van der Waals surface area contributed by atoms with Gasteiger partial charge in [0.15, 0.2) is 16.3 Å². The van der Waals surface area contributed by atoms with E-state index in [0.717, 1.165) is 172 Å². The molecule has 3 atom stereocenters. The molecule has 7 aliphatic heterocycles. The van der Waals surface area contributed by atoms with Crippen LogP contribution < -0.4 is 22.3 Å². The molecule has 0 saturated carbocycles. The van der Waals surface area contributed by atoms with E-state index in [0.29, 0.717) is 68.1 Å². The van der Waals surface area contributed by atoms with Gasteiger partial charge in [-0.05, 0) is 161 Å². The Labute approximate surface area is 636 Å². The molecule has 13 rings (SSSR count). The van der Waals surface area contributed by atoms with Crippen LogP contribution in [0.15, 0.2) is 67.2 Å². The number of thiol groups is 1. The number of hydrogen-bond donors (Lipinski definition) is 4. The number of nitrogens with one attached hydrogen (secondary N) is 1. The molecular weight excluding hydrogens is 1460 g/mol. The van der Waals surface area contributed by atoms with Crippen molar-refractivity contribution in [3.8, 4) is 0 Å². The minimum atomic E-state index is -0.779. The zero-order valence-corrected chi connectivity index (χ0v) is 63.8. The molecule has 4 aromatic heterocycles. The minimum Gasteiger partial charge on any atom is -0.358 e. The van der Waals surface area contributed by atoms with Gasteiger partial charge in [-0.1, -0.05) is 22.1 Å². The third-order valence-corrected chi connectivity index (χ3v) is 22.7. The van der Waals surface area contributed by atoms with E-state index in [9.17, 15) is 66.3 Å². The number of rotatable bonds is 23. The van der Waals surface area contributed by atoms with Crippen molar-refractivity contribution in [1.29, 1.82) is 0 Å². The molecule has 2 aromatic carbocycles. The molecule has 108 heavy (non-hydrogen) atoms. The summed E-state index contributed by atoms with van der Waals surface area (Å²) in [5.74, 6) is 2.86. The summed E-state index contributed by atoms with van der Waals surface area (Å²) in [6.07, 6.45) is 14.5. The van der Waals surface area contributed by atoms with Gasteiger partial charge in [0.2, 0.25) is 17.7 Å². The summed E-state index contributed by atoms with van der Waals surface area (Å²) >= 11 is 5.69. The van der Waals surface area contributed by atoms with Crippen molar-refractivity contribution in [3.05, 3.63) is 126 Å². The average molecular weight is 1550 g/mol. The zero-order valence-electron chi connectivity index (χ0n) is 61.3. The van der Waals surface area contributed by atoms with Crippen LogP contribution in [0.3, 0.4) is 0 Å². The first kappa shape index (κ1) is 83.4. The molecule has 0 spiro atoms. The molecule has 0 radical (unpaired) electrons. The number of aromatic nitrogens is 6. The topological polar surface area (TPSA) is 376 Å². The fourth-order valence-electron chi connectivity index (χ4n) is 14.6. The summed E-state index contributed by atoms with van der Waals surface area (Å²) in [6, 6.07) is 9.15. The van der Waals surface area contributed by atoms with Crippen molar-refractivity contribution in [1.82, 2.24) is 59.4 Å². The average Bonchev–Trinajstić information content (AvgIpc) is 1.17. The molecule has 4 N–H and O–H groups in total. The van der Waals surface area contributed by atoms with E-state index in [4.69, 9.17) is 24.2 Å². The number of nitrogens with zero attached hydrogens (tertiary/aromatic N) is 11. The maximum Gasteiger partial charge on any atom is 0.343 e. The molecule has 3 unspecified atom stereocenters. The van der Waals surface area contributed by atoms with Crippen LogP contribution in [-0.2, 0) is 78.7 Å². The second kappa shape index (κ2) is 39.6. The summed E-state index contributed by atoms with van der Waals surface area (Å²) in [6.45, 7) is 13.9. The summed E-state index contributed by atoms with van der Waals surface area (Å²) in [7, 11) is 1.58. The van der Waals surface area contributed by atoms with Crippen LogP contribution >= 0.6 is 36.2 Å². The SMILES string of the molecule is CC(=O)CSC1CC(=O)N(CCCC2CCCn3c2nc(C)c(CCN2CCC(c4noc5cc(F)ccc45)CC2)c3=O)C1=O.CC(=O)SCC(=O)ON1C(=O)CCC1=O.CNC(=O)CS.Cc1nc2n(c(=O)c1CCN1CCC(c3noc4cc(F)ccc34)CC1)CCCC2CCCN1C(=O)C=CC1=O.NO. The Morgan fingerprint density at radius 1 is 0.639 bits per heavy atom. The second-order valence-electron chi connectivity index (χ2n) is 27.5. The fourth-order valence-corrected chi connectivity index (χ4v) is 16.1. The second-order valence-corrected chi connectivity index (χ2v) is 30.2. The van der Waals surface area contributed by atoms with Crippen molar-refractivity contribution < 1.29 is 75.8 Å². The number of likely N-dealkylation sites (tertiary alicyclic amines) is 3. The molecule has 7 amide bonds. The molecule has 0 aliphatic carbocycles. The number of nitrogens with two attached hydrogens (primary N) is 1. The van der Waals surface area contributed by atoms with Gasteiger partial charge in [0.25, 0.3) is 34.7 Å². The van der Waals surface area contributed by atoms with E-state index in [2.05, 4.69) is 48.8 Å². The highest BCUT2D eigenvalue weighted by molar-refractivity contribution is 8.14. The van der Waals surface area contributed by atoms with Crippen molar-refractivity contribution in [3.63, 3.8) is 0 Å². The summed E-state index contributed by atoms with van der Waals surface area (Å²) in [5.41, 5.74) is 6.04. The Hall–Kier alpha value is -8.67. The van der Waals surface area contributed by atoms with E-state index in [1.54, 1.807) is 19.2 Å². The molecule has 6 aromatic rings. The summed E-state index contributed by atoms with van der Waals surface area (Å²) < 4.78 is 41.5. The number of Topliss-reactive ketones (excluding diaryl/α,β-unsaturated/α-hetero) is 1. The number of ketones is 1. The number of carbonyl (C=O) groups is 10. The Balaban J connectivity index is 0.000000194. The molecule has 582 valence electrons. The number of amides is 7. The Bertz CT molecular complexity index is 4410. The number of imide groups is 3. The van der Waals surface area contributed by atoms with Gasteiger partial charge in [-0.25, -0.2) is 29.4 Å². The normalized spacial score (nSPS) is 18.9. The zero-order chi connectivity index (χ0) is 77.9. The highest BCUT2D eigenvalue weighted by atomic mass is 32.2. The molecular formula is C74H93F2N13O16S3. The van der Waals surface area contributed by atoms with E-state index in [1.807, 2.05) is 23.0 Å². The third-order valence-electron chi connectivity index (χ3n) is 20.3. The van der Waals surface area contributed by atoms with Crippen LogP contribution in [0.5, 0.6) is 0 Å². The van der Waals surface area contributed by atoms with E-state index >= 15 is 0 Å². The number of hydroxylamine groups is 2. The van der Waals surface area contributed by atoms with Gasteiger partial charge in [0.1, 0.15) is 34.8 Å². The lowest BCUT2D eigenvalue weighted by molar-refractivity contribution is -0.195. The Morgan fingerprint density at radius 3 is 1.53 bits per heavy atom. The number of benzene rings is 2. The van der Waals surface area contributed by atoms with Gasteiger partial charge in [-0.15, -0.1) is 16.8 Å². The predicted molar refractivity (Wildman–Crippen MR) is 399 cm³/mol. The van der Waals surface area contributed by atoms with Crippen LogP contribution in [0.1, 0.15) is 179 Å². The molecule has 29 nitrogen and oxygen atoms in total. The largest absolute Gasteiger partial charge is 0.358 e. The smallest absolute Gasteiger partial charge is 0.343 e. The van der Waals surface area contributed by atoms with Crippen molar-refractivity contribution in [2.24, 2.45) is 5.90 Å². The Kier molecular flexibility index (Phi) is 30.6. The van der Waals surface area contributed by atoms with E-state index in [1.165, 1.54) is 71.8 Å². The van der Waals surface area contributed by atoms with Gasteiger partial charge in [-0.3, -0.25) is 71.7 Å².